The summed E-state index contributed by atoms with van der Waals surface area (Å²) in [4.78, 5) is 31.2. The Morgan fingerprint density at radius 2 is 1.91 bits per heavy atom. The van der Waals surface area contributed by atoms with E-state index in [0.29, 0.717) is 5.69 Å². The summed E-state index contributed by atoms with van der Waals surface area (Å²) < 4.78 is 0. The van der Waals surface area contributed by atoms with Crippen LogP contribution in [0.3, 0.4) is 0 Å². The summed E-state index contributed by atoms with van der Waals surface area (Å²) in [6.45, 7) is 0.238. The van der Waals surface area contributed by atoms with Crippen LogP contribution in [-0.2, 0) is 6.54 Å². The Morgan fingerprint density at radius 3 is 2.65 bits per heavy atom. The van der Waals surface area contributed by atoms with Crippen molar-refractivity contribution in [1.29, 1.82) is 0 Å². The molecule has 2 aromatic heterocycles. The van der Waals surface area contributed by atoms with Crippen molar-refractivity contribution in [2.75, 3.05) is 0 Å². The van der Waals surface area contributed by atoms with Gasteiger partial charge in [0.1, 0.15) is 12.0 Å². The summed E-state index contributed by atoms with van der Waals surface area (Å²) in [7, 11) is 0. The summed E-state index contributed by atoms with van der Waals surface area (Å²) in [5, 5.41) is 8.59. The van der Waals surface area contributed by atoms with Crippen molar-refractivity contribution >= 4 is 5.91 Å². The Labute approximate surface area is 131 Å². The minimum Gasteiger partial charge on any atom is -0.345 e. The van der Waals surface area contributed by atoms with E-state index in [1.807, 2.05) is 36.4 Å². The molecule has 3 rings (SSSR count). The number of benzene rings is 1. The Balaban J connectivity index is 1.70. The van der Waals surface area contributed by atoms with Crippen molar-refractivity contribution in [3.8, 4) is 11.3 Å². The van der Waals surface area contributed by atoms with Crippen LogP contribution in [0.25, 0.3) is 11.3 Å². The fourth-order valence-electron chi connectivity index (χ4n) is 1.99. The van der Waals surface area contributed by atoms with Crippen molar-refractivity contribution in [2.45, 2.75) is 6.54 Å². The topological polar surface area (TPSA) is 101 Å². The lowest BCUT2D eigenvalue weighted by atomic mass is 10.1. The molecule has 0 saturated carbocycles. The van der Waals surface area contributed by atoms with Gasteiger partial charge in [-0.05, 0) is 12.1 Å². The zero-order valence-corrected chi connectivity index (χ0v) is 12.1. The summed E-state index contributed by atoms with van der Waals surface area (Å²) in [5.41, 5.74) is 2.22. The molecule has 23 heavy (non-hydrogen) atoms. The van der Waals surface area contributed by atoms with Crippen molar-refractivity contribution in [3.05, 3.63) is 76.6 Å². The second-order valence-corrected chi connectivity index (χ2v) is 4.75. The largest absolute Gasteiger partial charge is 0.345 e. The molecular formula is C16H13N5O2. The van der Waals surface area contributed by atoms with Crippen LogP contribution in [0.15, 0.2) is 59.7 Å². The first-order chi connectivity index (χ1) is 11.2. The van der Waals surface area contributed by atoms with Gasteiger partial charge in [0.2, 0.25) is 0 Å². The van der Waals surface area contributed by atoms with Gasteiger partial charge >= 0.3 is 0 Å². The van der Waals surface area contributed by atoms with Crippen LogP contribution in [0.5, 0.6) is 0 Å². The molecule has 7 heteroatoms. The Kier molecular flexibility index (Phi) is 4.19. The third-order valence-electron chi connectivity index (χ3n) is 3.14. The maximum absolute atomic E-state index is 11.9. The van der Waals surface area contributed by atoms with Gasteiger partial charge in [-0.1, -0.05) is 30.3 Å². The SMILES string of the molecule is O=C(NCc1cc(-c2ccccc2)ncn1)c1ccc(=O)[nH]n1. The normalized spacial score (nSPS) is 10.3. The highest BCUT2D eigenvalue weighted by Gasteiger charge is 2.08. The number of hydrogen-bond donors (Lipinski definition) is 2. The van der Waals surface area contributed by atoms with Crippen LogP contribution in [0, 0.1) is 0 Å². The number of amides is 1. The zero-order valence-electron chi connectivity index (χ0n) is 12.1. The fourth-order valence-corrected chi connectivity index (χ4v) is 1.99. The lowest BCUT2D eigenvalue weighted by molar-refractivity contribution is 0.0944. The average molecular weight is 307 g/mol. The molecule has 0 fully saturated rings. The summed E-state index contributed by atoms with van der Waals surface area (Å²) in [6.07, 6.45) is 1.46. The molecule has 2 heterocycles. The quantitative estimate of drug-likeness (QED) is 0.753. The lowest BCUT2D eigenvalue weighted by Gasteiger charge is -2.05. The maximum Gasteiger partial charge on any atom is 0.272 e. The minimum absolute atomic E-state index is 0.141. The standard InChI is InChI=1S/C16H13N5O2/c22-15-7-6-13(20-21-15)16(23)17-9-12-8-14(19-10-18-12)11-4-2-1-3-5-11/h1-8,10H,9H2,(H,17,23)(H,21,22). The van der Waals surface area contributed by atoms with E-state index < -0.39 is 0 Å². The minimum atomic E-state index is -0.388. The van der Waals surface area contributed by atoms with Gasteiger partial charge < -0.3 is 5.32 Å². The molecule has 3 aromatic rings. The van der Waals surface area contributed by atoms with Gasteiger partial charge in [0.25, 0.3) is 11.5 Å². The molecule has 7 nitrogen and oxygen atoms in total. The molecule has 0 unspecified atom stereocenters. The molecule has 0 atom stereocenters. The summed E-state index contributed by atoms with van der Waals surface area (Å²) in [6, 6.07) is 14.1. The van der Waals surface area contributed by atoms with Crippen molar-refractivity contribution < 1.29 is 4.79 Å². The van der Waals surface area contributed by atoms with Crippen LogP contribution in [0.1, 0.15) is 16.2 Å². The molecule has 0 bridgehead atoms. The first-order valence-electron chi connectivity index (χ1n) is 6.92. The molecule has 0 aliphatic carbocycles. The van der Waals surface area contributed by atoms with E-state index in [1.165, 1.54) is 18.5 Å². The monoisotopic (exact) mass is 307 g/mol. The molecule has 114 valence electrons. The number of hydrogen-bond acceptors (Lipinski definition) is 5. The predicted octanol–water partition coefficient (Wildman–Crippen LogP) is 1.16. The van der Waals surface area contributed by atoms with E-state index in [-0.39, 0.29) is 23.7 Å². The number of nitrogens with one attached hydrogen (secondary N) is 2. The average Bonchev–Trinajstić information content (AvgIpc) is 2.61. The van der Waals surface area contributed by atoms with Gasteiger partial charge in [-0.25, -0.2) is 15.1 Å². The van der Waals surface area contributed by atoms with Crippen molar-refractivity contribution in [3.63, 3.8) is 0 Å². The number of H-pyrrole nitrogens is 1. The third-order valence-corrected chi connectivity index (χ3v) is 3.14. The molecule has 2 N–H and O–H groups in total. The van der Waals surface area contributed by atoms with Crippen LogP contribution in [0.4, 0.5) is 0 Å². The van der Waals surface area contributed by atoms with E-state index in [9.17, 15) is 9.59 Å². The molecule has 0 saturated heterocycles. The molecule has 1 aromatic carbocycles. The highest BCUT2D eigenvalue weighted by Crippen LogP contribution is 2.15. The second kappa shape index (κ2) is 6.61. The Bertz CT molecular complexity index is 856. The second-order valence-electron chi connectivity index (χ2n) is 4.75. The molecule has 1 amide bonds. The number of aromatic amines is 1. The smallest absolute Gasteiger partial charge is 0.272 e. The van der Waals surface area contributed by atoms with Gasteiger partial charge in [-0.2, -0.15) is 5.10 Å². The first kappa shape index (κ1) is 14.6. The summed E-state index contributed by atoms with van der Waals surface area (Å²) >= 11 is 0. The first-order valence-corrected chi connectivity index (χ1v) is 6.92. The zero-order chi connectivity index (χ0) is 16.1. The van der Waals surface area contributed by atoms with E-state index in [2.05, 4.69) is 25.5 Å². The Hall–Kier alpha value is -3.35. The van der Waals surface area contributed by atoms with Gasteiger partial charge in [0.15, 0.2) is 0 Å². The summed E-state index contributed by atoms with van der Waals surface area (Å²) in [5.74, 6) is -0.388. The van der Waals surface area contributed by atoms with E-state index in [1.54, 1.807) is 0 Å². The molecule has 0 spiro atoms. The van der Waals surface area contributed by atoms with E-state index in [0.717, 1.165) is 11.3 Å². The van der Waals surface area contributed by atoms with Gasteiger partial charge in [-0.3, -0.25) is 9.59 Å². The van der Waals surface area contributed by atoms with Gasteiger partial charge in [-0.15, -0.1) is 0 Å². The van der Waals surface area contributed by atoms with Gasteiger partial charge in [0, 0.05) is 11.6 Å². The number of carbonyl (C=O) groups is 1. The third kappa shape index (κ3) is 3.65. The van der Waals surface area contributed by atoms with Crippen molar-refractivity contribution in [2.24, 2.45) is 0 Å². The number of carbonyl (C=O) groups excluding carboxylic acids is 1. The molecule has 0 aliphatic rings. The number of nitrogens with zero attached hydrogens (tertiary/aromatic N) is 3. The highest BCUT2D eigenvalue weighted by molar-refractivity contribution is 5.91. The van der Waals surface area contributed by atoms with Crippen LogP contribution in [0.2, 0.25) is 0 Å². The van der Waals surface area contributed by atoms with Crippen LogP contribution < -0.4 is 10.9 Å². The van der Waals surface area contributed by atoms with E-state index >= 15 is 0 Å². The number of aromatic nitrogens is 4. The number of rotatable bonds is 4. The Morgan fingerprint density at radius 1 is 1.09 bits per heavy atom. The fraction of sp³-hybridized carbons (Fsp3) is 0.0625. The van der Waals surface area contributed by atoms with Crippen molar-refractivity contribution in [1.82, 2.24) is 25.5 Å². The highest BCUT2D eigenvalue weighted by atomic mass is 16.2. The van der Waals surface area contributed by atoms with E-state index in [4.69, 9.17) is 0 Å². The molecule has 0 radical (unpaired) electrons. The molecular weight excluding hydrogens is 294 g/mol. The van der Waals surface area contributed by atoms with Gasteiger partial charge in [0.05, 0.1) is 17.9 Å². The molecule has 0 aliphatic heterocycles. The predicted molar refractivity (Wildman–Crippen MR) is 83.5 cm³/mol. The van der Waals surface area contributed by atoms with Crippen LogP contribution >= 0.6 is 0 Å². The van der Waals surface area contributed by atoms with Crippen LogP contribution in [-0.4, -0.2) is 26.1 Å². The maximum atomic E-state index is 11.9. The lowest BCUT2D eigenvalue weighted by Crippen LogP contribution is -2.25.